The predicted octanol–water partition coefficient (Wildman–Crippen LogP) is 3.10. The van der Waals surface area contributed by atoms with E-state index in [4.69, 9.17) is 9.47 Å². The lowest BCUT2D eigenvalue weighted by molar-refractivity contribution is 0.0518. The second kappa shape index (κ2) is 5.66. The smallest absolute Gasteiger partial charge is 0.342 e. The average Bonchev–Trinajstić information content (AvgIpc) is 2.24. The maximum Gasteiger partial charge on any atom is 0.342 e. The van der Waals surface area contributed by atoms with E-state index in [2.05, 4.69) is 0 Å². The number of esters is 1. The van der Waals surface area contributed by atoms with Gasteiger partial charge in [-0.15, -0.1) is 0 Å². The Balaban J connectivity index is 3.19. The molecule has 0 N–H and O–H groups in total. The first kappa shape index (κ1) is 13.5. The van der Waals surface area contributed by atoms with Crippen LogP contribution in [0.1, 0.15) is 36.7 Å². The molecule has 0 amide bonds. The summed E-state index contributed by atoms with van der Waals surface area (Å²) in [6, 6.07) is 3.06. The minimum atomic E-state index is -0.568. The highest BCUT2D eigenvalue weighted by Crippen LogP contribution is 2.27. The van der Waals surface area contributed by atoms with Crippen molar-refractivity contribution in [1.29, 1.82) is 0 Å². The second-order valence-electron chi connectivity index (χ2n) is 3.96. The van der Waals surface area contributed by atoms with Crippen molar-refractivity contribution >= 4 is 5.97 Å². The maximum atomic E-state index is 13.9. The molecule has 0 heterocycles. The van der Waals surface area contributed by atoms with E-state index in [1.807, 2.05) is 0 Å². The third kappa shape index (κ3) is 3.19. The highest BCUT2D eigenvalue weighted by atomic mass is 19.1. The number of halogens is 1. The molecule has 0 atom stereocenters. The summed E-state index contributed by atoms with van der Waals surface area (Å²) in [7, 11) is 0. The average molecular weight is 240 g/mol. The van der Waals surface area contributed by atoms with Crippen LogP contribution in [-0.4, -0.2) is 18.7 Å². The van der Waals surface area contributed by atoms with Gasteiger partial charge in [0, 0.05) is 0 Å². The third-order valence-corrected chi connectivity index (χ3v) is 2.14. The number of rotatable bonds is 4. The minimum absolute atomic E-state index is 0.0292. The van der Waals surface area contributed by atoms with Crippen molar-refractivity contribution in [2.24, 2.45) is 0 Å². The van der Waals surface area contributed by atoms with Gasteiger partial charge < -0.3 is 9.47 Å². The van der Waals surface area contributed by atoms with Crippen LogP contribution in [-0.2, 0) is 4.74 Å². The van der Waals surface area contributed by atoms with E-state index >= 15 is 0 Å². The predicted molar refractivity (Wildman–Crippen MR) is 62.9 cm³/mol. The molecule has 0 aliphatic heterocycles. The molecule has 0 saturated heterocycles. The molecule has 0 saturated carbocycles. The Labute approximate surface area is 101 Å². The van der Waals surface area contributed by atoms with Crippen LogP contribution in [0.2, 0.25) is 0 Å². The Morgan fingerprint density at radius 1 is 1.41 bits per heavy atom. The maximum absolute atomic E-state index is 13.9. The van der Waals surface area contributed by atoms with Crippen LogP contribution in [0.4, 0.5) is 4.39 Å². The Morgan fingerprint density at radius 2 is 2.06 bits per heavy atom. The molecule has 1 aromatic rings. The van der Waals surface area contributed by atoms with E-state index < -0.39 is 11.8 Å². The van der Waals surface area contributed by atoms with Gasteiger partial charge in [-0.2, -0.15) is 0 Å². The van der Waals surface area contributed by atoms with Crippen LogP contribution < -0.4 is 4.74 Å². The summed E-state index contributed by atoms with van der Waals surface area (Å²) in [5.41, 5.74) is 0.567. The van der Waals surface area contributed by atoms with Crippen LogP contribution in [0.15, 0.2) is 12.1 Å². The number of ether oxygens (including phenoxy) is 2. The molecule has 0 aromatic heterocycles. The van der Waals surface area contributed by atoms with Crippen molar-refractivity contribution in [2.75, 3.05) is 6.61 Å². The third-order valence-electron chi connectivity index (χ3n) is 2.14. The second-order valence-corrected chi connectivity index (χ2v) is 3.96. The topological polar surface area (TPSA) is 35.5 Å². The molecule has 3 nitrogen and oxygen atoms in total. The zero-order valence-electron chi connectivity index (χ0n) is 10.5. The monoisotopic (exact) mass is 240 g/mol. The standard InChI is InChI=1S/C13H17FO3/c1-5-16-13(15)10-7-6-9(4)11(14)12(10)17-8(2)3/h6-8H,5H2,1-4H3. The quantitative estimate of drug-likeness (QED) is 0.758. The fourth-order valence-electron chi connectivity index (χ4n) is 1.38. The molecule has 0 spiro atoms. The van der Waals surface area contributed by atoms with Gasteiger partial charge in [0.05, 0.1) is 12.7 Å². The molecular weight excluding hydrogens is 223 g/mol. The van der Waals surface area contributed by atoms with E-state index in [1.54, 1.807) is 27.7 Å². The Morgan fingerprint density at radius 3 is 2.59 bits per heavy atom. The van der Waals surface area contributed by atoms with Crippen molar-refractivity contribution in [3.63, 3.8) is 0 Å². The first-order valence-corrected chi connectivity index (χ1v) is 5.60. The summed E-state index contributed by atoms with van der Waals surface area (Å²) in [5.74, 6) is -1.11. The normalized spacial score (nSPS) is 10.5. The molecule has 0 bridgehead atoms. The van der Waals surface area contributed by atoms with Gasteiger partial charge in [-0.1, -0.05) is 6.07 Å². The number of carbonyl (C=O) groups excluding carboxylic acids is 1. The van der Waals surface area contributed by atoms with Gasteiger partial charge in [0.25, 0.3) is 0 Å². The van der Waals surface area contributed by atoms with Crippen molar-refractivity contribution in [3.05, 3.63) is 29.1 Å². The molecule has 0 aliphatic rings. The number of carbonyl (C=O) groups is 1. The molecule has 0 radical (unpaired) electrons. The lowest BCUT2D eigenvalue weighted by atomic mass is 10.1. The molecule has 0 unspecified atom stereocenters. The fourth-order valence-corrected chi connectivity index (χ4v) is 1.38. The summed E-state index contributed by atoms with van der Waals surface area (Å²) < 4.78 is 24.1. The number of hydrogen-bond donors (Lipinski definition) is 0. The van der Waals surface area contributed by atoms with Crippen LogP contribution in [0.25, 0.3) is 0 Å². The molecule has 17 heavy (non-hydrogen) atoms. The molecular formula is C13H17FO3. The Hall–Kier alpha value is -1.58. The van der Waals surface area contributed by atoms with Crippen molar-refractivity contribution in [1.82, 2.24) is 0 Å². The van der Waals surface area contributed by atoms with E-state index in [-0.39, 0.29) is 24.0 Å². The minimum Gasteiger partial charge on any atom is -0.487 e. The first-order chi connectivity index (χ1) is 7.97. The highest BCUT2D eigenvalue weighted by Gasteiger charge is 2.20. The Kier molecular flexibility index (Phi) is 4.49. The van der Waals surface area contributed by atoms with Gasteiger partial charge in [0.15, 0.2) is 11.6 Å². The first-order valence-electron chi connectivity index (χ1n) is 5.60. The van der Waals surface area contributed by atoms with Crippen LogP contribution in [0.5, 0.6) is 5.75 Å². The van der Waals surface area contributed by atoms with Crippen molar-refractivity contribution in [3.8, 4) is 5.75 Å². The molecule has 0 fully saturated rings. The van der Waals surface area contributed by atoms with Crippen LogP contribution in [0, 0.1) is 12.7 Å². The van der Waals surface area contributed by atoms with Crippen LogP contribution >= 0.6 is 0 Å². The van der Waals surface area contributed by atoms with Crippen LogP contribution in [0.3, 0.4) is 0 Å². The van der Waals surface area contributed by atoms with Crippen molar-refractivity contribution < 1.29 is 18.7 Å². The van der Waals surface area contributed by atoms with E-state index in [0.29, 0.717) is 5.56 Å². The summed E-state index contributed by atoms with van der Waals surface area (Å²) in [5, 5.41) is 0. The lowest BCUT2D eigenvalue weighted by Crippen LogP contribution is -2.14. The zero-order chi connectivity index (χ0) is 13.0. The van der Waals surface area contributed by atoms with Gasteiger partial charge in [-0.3, -0.25) is 0 Å². The van der Waals surface area contributed by atoms with Gasteiger partial charge in [-0.25, -0.2) is 9.18 Å². The van der Waals surface area contributed by atoms with Gasteiger partial charge >= 0.3 is 5.97 Å². The Bertz CT molecular complexity index is 413. The molecule has 4 heteroatoms. The SMILES string of the molecule is CCOC(=O)c1ccc(C)c(F)c1OC(C)C. The van der Waals surface area contributed by atoms with Gasteiger partial charge in [0.2, 0.25) is 0 Å². The largest absolute Gasteiger partial charge is 0.487 e. The van der Waals surface area contributed by atoms with E-state index in [1.165, 1.54) is 12.1 Å². The van der Waals surface area contributed by atoms with Crippen molar-refractivity contribution in [2.45, 2.75) is 33.8 Å². The number of benzene rings is 1. The van der Waals surface area contributed by atoms with Gasteiger partial charge in [0.1, 0.15) is 5.56 Å². The fraction of sp³-hybridized carbons (Fsp3) is 0.462. The summed E-state index contributed by atoms with van der Waals surface area (Å²) in [6.07, 6.45) is -0.209. The molecule has 1 aromatic carbocycles. The van der Waals surface area contributed by atoms with E-state index in [0.717, 1.165) is 0 Å². The molecule has 0 aliphatic carbocycles. The summed E-state index contributed by atoms with van der Waals surface area (Å²) >= 11 is 0. The van der Waals surface area contributed by atoms with E-state index in [9.17, 15) is 9.18 Å². The highest BCUT2D eigenvalue weighted by molar-refractivity contribution is 5.92. The zero-order valence-corrected chi connectivity index (χ0v) is 10.5. The molecule has 1 rings (SSSR count). The summed E-state index contributed by atoms with van der Waals surface area (Å²) in [4.78, 5) is 11.6. The number of aryl methyl sites for hydroxylation is 1. The van der Waals surface area contributed by atoms with Gasteiger partial charge in [-0.05, 0) is 39.3 Å². The molecule has 94 valence electrons. The number of hydrogen-bond acceptors (Lipinski definition) is 3. The lowest BCUT2D eigenvalue weighted by Gasteiger charge is -2.15. The summed E-state index contributed by atoms with van der Waals surface area (Å²) in [6.45, 7) is 7.12.